The van der Waals surface area contributed by atoms with Crippen molar-refractivity contribution in [1.29, 1.82) is 0 Å². The lowest BCUT2D eigenvalue weighted by atomic mass is 10.1. The summed E-state index contributed by atoms with van der Waals surface area (Å²) in [6, 6.07) is 9.33. The van der Waals surface area contributed by atoms with E-state index < -0.39 is 10.8 Å². The van der Waals surface area contributed by atoms with Crippen LogP contribution in [0.2, 0.25) is 0 Å². The Morgan fingerprint density at radius 1 is 1.17 bits per heavy atom. The molecule has 1 aliphatic rings. The van der Waals surface area contributed by atoms with Crippen LogP contribution in [0.25, 0.3) is 11.1 Å². The number of likely N-dealkylation sites (tertiary alicyclic amines) is 1. The number of hydrogen-bond donors (Lipinski definition) is 0. The van der Waals surface area contributed by atoms with Gasteiger partial charge in [-0.3, -0.25) is 4.21 Å². The van der Waals surface area contributed by atoms with E-state index in [1.807, 2.05) is 0 Å². The molecule has 1 saturated heterocycles. The van der Waals surface area contributed by atoms with E-state index in [0.717, 1.165) is 30.1 Å². The Morgan fingerprint density at radius 2 is 1.87 bits per heavy atom. The zero-order valence-corrected chi connectivity index (χ0v) is 14.6. The average Bonchev–Trinajstić information content (AvgIpc) is 2.99. The molecule has 5 heteroatoms. The van der Waals surface area contributed by atoms with Gasteiger partial charge in [-0.2, -0.15) is 0 Å². The van der Waals surface area contributed by atoms with Crippen LogP contribution < -0.4 is 0 Å². The minimum absolute atomic E-state index is 0.380. The van der Waals surface area contributed by atoms with Crippen LogP contribution in [0.5, 0.6) is 0 Å². The smallest absolute Gasteiger partial charge is 0.218 e. The number of rotatable bonds is 5. The fourth-order valence-electron chi connectivity index (χ4n) is 3.08. The Kier molecular flexibility index (Phi) is 5.18. The Morgan fingerprint density at radius 3 is 2.43 bits per heavy atom. The zero-order chi connectivity index (χ0) is 16.2. The molecule has 1 aromatic carbocycles. The van der Waals surface area contributed by atoms with Gasteiger partial charge in [-0.15, -0.1) is 0 Å². The lowest BCUT2D eigenvalue weighted by Crippen LogP contribution is -2.28. The van der Waals surface area contributed by atoms with Crippen LogP contribution in [0.1, 0.15) is 25.3 Å². The SMILES string of the molecule is C[C@@H]1CCCN1CCc1ccc(-c2cnc(S(C)=O)nc2)cc1. The summed E-state index contributed by atoms with van der Waals surface area (Å²) < 4.78 is 11.3. The van der Waals surface area contributed by atoms with Crippen molar-refractivity contribution < 1.29 is 4.21 Å². The molecule has 0 amide bonds. The average molecular weight is 329 g/mol. The summed E-state index contributed by atoms with van der Waals surface area (Å²) in [6.45, 7) is 4.70. The van der Waals surface area contributed by atoms with E-state index in [1.165, 1.54) is 24.9 Å². The monoisotopic (exact) mass is 329 g/mol. The van der Waals surface area contributed by atoms with Gasteiger partial charge in [-0.05, 0) is 43.9 Å². The van der Waals surface area contributed by atoms with Gasteiger partial charge >= 0.3 is 0 Å². The van der Waals surface area contributed by atoms with Crippen LogP contribution in [0, 0.1) is 0 Å². The Labute approximate surface area is 140 Å². The second kappa shape index (κ2) is 7.32. The molecule has 4 nitrogen and oxygen atoms in total. The van der Waals surface area contributed by atoms with E-state index >= 15 is 0 Å². The molecule has 0 bridgehead atoms. The molecule has 2 atom stereocenters. The first kappa shape index (κ1) is 16.3. The summed E-state index contributed by atoms with van der Waals surface area (Å²) in [5.74, 6) is 0. The summed E-state index contributed by atoms with van der Waals surface area (Å²) >= 11 is 0. The first-order valence-electron chi connectivity index (χ1n) is 8.12. The highest BCUT2D eigenvalue weighted by atomic mass is 32.2. The molecule has 1 unspecified atom stereocenters. The summed E-state index contributed by atoms with van der Waals surface area (Å²) in [6.07, 6.45) is 8.82. The first-order chi connectivity index (χ1) is 11.1. The standard InChI is InChI=1S/C18H23N3OS/c1-14-4-3-10-21(14)11-9-15-5-7-16(8-6-15)17-12-19-18(20-13-17)23(2)22/h5-8,12-14H,3-4,9-11H2,1-2H3/t14-,23?/m1/s1. The van der Waals surface area contributed by atoms with E-state index in [1.54, 1.807) is 18.6 Å². The van der Waals surface area contributed by atoms with Gasteiger partial charge in [0, 0.05) is 36.8 Å². The maximum Gasteiger partial charge on any atom is 0.218 e. The normalized spacial score (nSPS) is 19.8. The Bertz CT molecular complexity index is 670. The van der Waals surface area contributed by atoms with Gasteiger partial charge < -0.3 is 4.90 Å². The third kappa shape index (κ3) is 4.03. The molecule has 23 heavy (non-hydrogen) atoms. The molecular weight excluding hydrogens is 306 g/mol. The van der Waals surface area contributed by atoms with E-state index in [0.29, 0.717) is 5.16 Å². The molecule has 0 radical (unpaired) electrons. The van der Waals surface area contributed by atoms with Gasteiger partial charge in [0.25, 0.3) is 0 Å². The fraction of sp³-hybridized carbons (Fsp3) is 0.444. The highest BCUT2D eigenvalue weighted by Crippen LogP contribution is 2.20. The van der Waals surface area contributed by atoms with Crippen LogP contribution in [-0.4, -0.2) is 44.5 Å². The van der Waals surface area contributed by atoms with Gasteiger partial charge in [0.2, 0.25) is 5.16 Å². The maximum atomic E-state index is 11.3. The lowest BCUT2D eigenvalue weighted by molar-refractivity contribution is 0.272. The first-order valence-corrected chi connectivity index (χ1v) is 9.68. The second-order valence-corrected chi connectivity index (χ2v) is 7.46. The minimum Gasteiger partial charge on any atom is -0.300 e. The summed E-state index contributed by atoms with van der Waals surface area (Å²) in [5, 5.41) is 0.380. The summed E-state index contributed by atoms with van der Waals surface area (Å²) in [7, 11) is -1.13. The minimum atomic E-state index is -1.13. The van der Waals surface area contributed by atoms with Crippen molar-refractivity contribution in [3.8, 4) is 11.1 Å². The lowest BCUT2D eigenvalue weighted by Gasteiger charge is -2.20. The molecule has 0 aliphatic carbocycles. The van der Waals surface area contributed by atoms with Crippen LogP contribution in [-0.2, 0) is 17.2 Å². The van der Waals surface area contributed by atoms with E-state index in [-0.39, 0.29) is 0 Å². The predicted octanol–water partition coefficient (Wildman–Crippen LogP) is 2.91. The van der Waals surface area contributed by atoms with Gasteiger partial charge in [-0.25, -0.2) is 9.97 Å². The zero-order valence-electron chi connectivity index (χ0n) is 13.7. The molecule has 0 N–H and O–H groups in total. The van der Waals surface area contributed by atoms with Crippen molar-refractivity contribution >= 4 is 10.8 Å². The van der Waals surface area contributed by atoms with E-state index in [2.05, 4.69) is 46.1 Å². The third-order valence-electron chi connectivity index (χ3n) is 4.55. The Hall–Kier alpha value is -1.59. The van der Waals surface area contributed by atoms with Crippen LogP contribution in [0.3, 0.4) is 0 Å². The van der Waals surface area contributed by atoms with Crippen molar-refractivity contribution in [2.24, 2.45) is 0 Å². The maximum absolute atomic E-state index is 11.3. The third-order valence-corrected chi connectivity index (χ3v) is 5.28. The molecule has 122 valence electrons. The number of aromatic nitrogens is 2. The van der Waals surface area contributed by atoms with E-state index in [4.69, 9.17) is 0 Å². The number of benzene rings is 1. The van der Waals surface area contributed by atoms with E-state index in [9.17, 15) is 4.21 Å². The second-order valence-electron chi connectivity index (χ2n) is 6.18. The Balaban J connectivity index is 1.63. The molecule has 0 spiro atoms. The van der Waals surface area contributed by atoms with Crippen molar-refractivity contribution in [2.75, 3.05) is 19.3 Å². The van der Waals surface area contributed by atoms with Gasteiger partial charge in [0.15, 0.2) is 0 Å². The van der Waals surface area contributed by atoms with Crippen molar-refractivity contribution in [3.63, 3.8) is 0 Å². The summed E-state index contributed by atoms with van der Waals surface area (Å²) in [4.78, 5) is 10.9. The number of hydrogen-bond acceptors (Lipinski definition) is 4. The van der Waals surface area contributed by atoms with Gasteiger partial charge in [-0.1, -0.05) is 24.3 Å². The largest absolute Gasteiger partial charge is 0.300 e. The highest BCUT2D eigenvalue weighted by molar-refractivity contribution is 7.84. The number of nitrogens with zero attached hydrogens (tertiary/aromatic N) is 3. The highest BCUT2D eigenvalue weighted by Gasteiger charge is 2.19. The van der Waals surface area contributed by atoms with Crippen molar-refractivity contribution in [3.05, 3.63) is 42.2 Å². The van der Waals surface area contributed by atoms with Crippen LogP contribution in [0.15, 0.2) is 41.8 Å². The molecule has 2 aromatic rings. The fourth-order valence-corrected chi connectivity index (χ4v) is 3.48. The predicted molar refractivity (Wildman–Crippen MR) is 93.8 cm³/mol. The molecule has 1 fully saturated rings. The van der Waals surface area contributed by atoms with Gasteiger partial charge in [0.1, 0.15) is 0 Å². The molecular formula is C18H23N3OS. The topological polar surface area (TPSA) is 46.1 Å². The van der Waals surface area contributed by atoms with Crippen LogP contribution >= 0.6 is 0 Å². The molecule has 3 rings (SSSR count). The van der Waals surface area contributed by atoms with Gasteiger partial charge in [0.05, 0.1) is 10.8 Å². The molecule has 2 heterocycles. The van der Waals surface area contributed by atoms with Crippen molar-refractivity contribution in [1.82, 2.24) is 14.9 Å². The summed E-state index contributed by atoms with van der Waals surface area (Å²) in [5.41, 5.74) is 3.41. The quantitative estimate of drug-likeness (QED) is 0.791. The van der Waals surface area contributed by atoms with Crippen LogP contribution in [0.4, 0.5) is 0 Å². The molecule has 0 saturated carbocycles. The van der Waals surface area contributed by atoms with Crippen molar-refractivity contribution in [2.45, 2.75) is 37.4 Å². The molecule has 1 aliphatic heterocycles. The molecule has 1 aromatic heterocycles.